The molecule has 0 amide bonds. The SMILES string of the molecule is Cc1oc(C)c(-c2nnnn2C(C)C(=O)O)c1C. The van der Waals surface area contributed by atoms with Crippen LogP contribution in [-0.4, -0.2) is 31.3 Å². The summed E-state index contributed by atoms with van der Waals surface area (Å²) in [7, 11) is 0. The lowest BCUT2D eigenvalue weighted by molar-refractivity contribution is -0.140. The van der Waals surface area contributed by atoms with Gasteiger partial charge in [0, 0.05) is 5.56 Å². The van der Waals surface area contributed by atoms with E-state index >= 15 is 0 Å². The highest BCUT2D eigenvalue weighted by Gasteiger charge is 2.24. The number of furan rings is 1. The molecule has 96 valence electrons. The third-order valence-electron chi connectivity index (χ3n) is 3.00. The monoisotopic (exact) mass is 250 g/mol. The summed E-state index contributed by atoms with van der Waals surface area (Å²) in [6, 6.07) is -0.830. The fourth-order valence-corrected chi connectivity index (χ4v) is 1.85. The number of hydrogen-bond acceptors (Lipinski definition) is 5. The zero-order valence-corrected chi connectivity index (χ0v) is 10.6. The molecular formula is C11H14N4O3. The van der Waals surface area contributed by atoms with Crippen LogP contribution in [0.2, 0.25) is 0 Å². The minimum atomic E-state index is -0.987. The van der Waals surface area contributed by atoms with Gasteiger partial charge in [0.05, 0.1) is 5.56 Å². The van der Waals surface area contributed by atoms with E-state index in [1.165, 1.54) is 11.6 Å². The lowest BCUT2D eigenvalue weighted by Crippen LogP contribution is -2.18. The number of carboxylic acids is 1. The number of aryl methyl sites for hydroxylation is 2. The summed E-state index contributed by atoms with van der Waals surface area (Å²) < 4.78 is 6.79. The topological polar surface area (TPSA) is 94.0 Å². The predicted octanol–water partition coefficient (Wildman–Crippen LogP) is 1.50. The van der Waals surface area contributed by atoms with Gasteiger partial charge in [-0.2, -0.15) is 0 Å². The molecular weight excluding hydrogens is 236 g/mol. The van der Waals surface area contributed by atoms with E-state index in [1.54, 1.807) is 6.92 Å². The van der Waals surface area contributed by atoms with Crippen LogP contribution in [0.4, 0.5) is 0 Å². The largest absolute Gasteiger partial charge is 0.480 e. The number of carbonyl (C=O) groups is 1. The Balaban J connectivity index is 2.59. The molecule has 0 aromatic carbocycles. The van der Waals surface area contributed by atoms with Gasteiger partial charge in [-0.05, 0) is 38.1 Å². The Bertz CT molecular complexity index is 599. The fourth-order valence-electron chi connectivity index (χ4n) is 1.85. The minimum Gasteiger partial charge on any atom is -0.480 e. The first-order valence-electron chi connectivity index (χ1n) is 5.51. The van der Waals surface area contributed by atoms with Crippen LogP contribution in [0.25, 0.3) is 11.4 Å². The first-order valence-corrected chi connectivity index (χ1v) is 5.51. The van der Waals surface area contributed by atoms with Crippen molar-refractivity contribution in [1.29, 1.82) is 0 Å². The average Bonchev–Trinajstić information content (AvgIpc) is 2.84. The molecule has 2 rings (SSSR count). The molecule has 0 aliphatic carbocycles. The number of hydrogen-bond donors (Lipinski definition) is 1. The maximum Gasteiger partial charge on any atom is 0.328 e. The summed E-state index contributed by atoms with van der Waals surface area (Å²) in [5, 5.41) is 20.2. The van der Waals surface area contributed by atoms with Crippen molar-refractivity contribution in [2.24, 2.45) is 0 Å². The van der Waals surface area contributed by atoms with Crippen molar-refractivity contribution in [3.63, 3.8) is 0 Å². The number of tetrazole rings is 1. The Labute approximate surface area is 103 Å². The molecule has 2 heterocycles. The second-order valence-electron chi connectivity index (χ2n) is 4.18. The Hall–Kier alpha value is -2.18. The van der Waals surface area contributed by atoms with E-state index in [0.717, 1.165) is 16.9 Å². The van der Waals surface area contributed by atoms with Crippen LogP contribution in [-0.2, 0) is 4.79 Å². The van der Waals surface area contributed by atoms with E-state index in [-0.39, 0.29) is 0 Å². The highest BCUT2D eigenvalue weighted by atomic mass is 16.4. The number of nitrogens with zero attached hydrogens (tertiary/aromatic N) is 4. The average molecular weight is 250 g/mol. The third-order valence-corrected chi connectivity index (χ3v) is 3.00. The van der Waals surface area contributed by atoms with Crippen molar-refractivity contribution in [3.05, 3.63) is 17.1 Å². The molecule has 0 radical (unpaired) electrons. The molecule has 7 heteroatoms. The number of aliphatic carboxylic acids is 1. The first-order chi connectivity index (χ1) is 8.43. The van der Waals surface area contributed by atoms with Gasteiger partial charge in [0.25, 0.3) is 0 Å². The highest BCUT2D eigenvalue weighted by Crippen LogP contribution is 2.30. The first kappa shape index (κ1) is 12.3. The fraction of sp³-hybridized carbons (Fsp3) is 0.455. The molecule has 0 fully saturated rings. The highest BCUT2D eigenvalue weighted by molar-refractivity contribution is 5.73. The summed E-state index contributed by atoms with van der Waals surface area (Å²) in [5.74, 6) is 0.884. The van der Waals surface area contributed by atoms with Gasteiger partial charge in [-0.3, -0.25) is 0 Å². The standard InChI is InChI=1S/C11H14N4O3/c1-5-7(3)18-8(4)9(5)10-12-13-14-15(10)6(2)11(16)17/h6H,1-4H3,(H,16,17). The second kappa shape index (κ2) is 4.25. The van der Waals surface area contributed by atoms with E-state index in [4.69, 9.17) is 9.52 Å². The molecule has 2 aromatic rings. The molecule has 18 heavy (non-hydrogen) atoms. The molecule has 0 saturated heterocycles. The molecule has 7 nitrogen and oxygen atoms in total. The van der Waals surface area contributed by atoms with E-state index in [2.05, 4.69) is 15.5 Å². The molecule has 0 aliphatic heterocycles. The van der Waals surface area contributed by atoms with Gasteiger partial charge in [-0.25, -0.2) is 9.48 Å². The van der Waals surface area contributed by atoms with E-state index in [9.17, 15) is 4.79 Å². The second-order valence-corrected chi connectivity index (χ2v) is 4.18. The minimum absolute atomic E-state index is 0.414. The van der Waals surface area contributed by atoms with E-state index in [1.807, 2.05) is 13.8 Å². The molecule has 1 N–H and O–H groups in total. The molecule has 1 atom stereocenters. The van der Waals surface area contributed by atoms with Crippen molar-refractivity contribution >= 4 is 5.97 Å². The van der Waals surface area contributed by atoms with Gasteiger partial charge >= 0.3 is 5.97 Å². The van der Waals surface area contributed by atoms with Crippen LogP contribution >= 0.6 is 0 Å². The summed E-state index contributed by atoms with van der Waals surface area (Å²) in [6.45, 7) is 7.08. The quantitative estimate of drug-likeness (QED) is 0.887. The Morgan fingerprint density at radius 1 is 1.33 bits per heavy atom. The van der Waals surface area contributed by atoms with Crippen LogP contribution in [0.3, 0.4) is 0 Å². The van der Waals surface area contributed by atoms with Crippen molar-refractivity contribution in [2.75, 3.05) is 0 Å². The van der Waals surface area contributed by atoms with Crippen LogP contribution in [0.5, 0.6) is 0 Å². The molecule has 2 aromatic heterocycles. The molecule has 0 aliphatic rings. The zero-order chi connectivity index (χ0) is 13.4. The lowest BCUT2D eigenvalue weighted by Gasteiger charge is -2.08. The maximum atomic E-state index is 11.0. The third kappa shape index (κ3) is 1.77. The number of rotatable bonds is 3. The van der Waals surface area contributed by atoms with E-state index < -0.39 is 12.0 Å². The molecule has 0 spiro atoms. The molecule has 0 saturated carbocycles. The van der Waals surface area contributed by atoms with Crippen LogP contribution in [0.1, 0.15) is 30.0 Å². The van der Waals surface area contributed by atoms with Crippen LogP contribution in [0, 0.1) is 20.8 Å². The van der Waals surface area contributed by atoms with Crippen molar-refractivity contribution < 1.29 is 14.3 Å². The van der Waals surface area contributed by atoms with Gasteiger partial charge in [0.15, 0.2) is 11.9 Å². The van der Waals surface area contributed by atoms with Gasteiger partial charge in [0.2, 0.25) is 0 Å². The van der Waals surface area contributed by atoms with Gasteiger partial charge in [0.1, 0.15) is 11.5 Å². The summed E-state index contributed by atoms with van der Waals surface area (Å²) in [5.41, 5.74) is 1.67. The van der Waals surface area contributed by atoms with Gasteiger partial charge in [-0.1, -0.05) is 0 Å². The lowest BCUT2D eigenvalue weighted by atomic mass is 10.1. The Morgan fingerprint density at radius 3 is 2.50 bits per heavy atom. The van der Waals surface area contributed by atoms with Crippen molar-refractivity contribution in [2.45, 2.75) is 33.7 Å². The van der Waals surface area contributed by atoms with Gasteiger partial charge in [-0.15, -0.1) is 5.10 Å². The van der Waals surface area contributed by atoms with E-state index in [0.29, 0.717) is 11.6 Å². The summed E-state index contributed by atoms with van der Waals surface area (Å²) in [6.07, 6.45) is 0. The van der Waals surface area contributed by atoms with Gasteiger partial charge < -0.3 is 9.52 Å². The van der Waals surface area contributed by atoms with Crippen LogP contribution < -0.4 is 0 Å². The zero-order valence-electron chi connectivity index (χ0n) is 10.6. The Kier molecular flexibility index (Phi) is 2.90. The number of aromatic nitrogens is 4. The maximum absolute atomic E-state index is 11.0. The summed E-state index contributed by atoms with van der Waals surface area (Å²) >= 11 is 0. The normalized spacial score (nSPS) is 12.7. The van der Waals surface area contributed by atoms with Crippen LogP contribution in [0.15, 0.2) is 4.42 Å². The number of carboxylic acid groups (broad SMARTS) is 1. The molecule has 1 unspecified atom stereocenters. The van der Waals surface area contributed by atoms with Crippen molar-refractivity contribution in [1.82, 2.24) is 20.2 Å². The Morgan fingerprint density at radius 2 is 2.00 bits per heavy atom. The summed E-state index contributed by atoms with van der Waals surface area (Å²) in [4.78, 5) is 11.0. The molecule has 0 bridgehead atoms. The van der Waals surface area contributed by atoms with Crippen molar-refractivity contribution in [3.8, 4) is 11.4 Å². The smallest absolute Gasteiger partial charge is 0.328 e. The predicted molar refractivity (Wildman–Crippen MR) is 62.1 cm³/mol.